The maximum absolute atomic E-state index is 11.5. The Labute approximate surface area is 161 Å². The number of ether oxygens (including phenoxy) is 3. The highest BCUT2D eigenvalue weighted by Crippen LogP contribution is 2.68. The number of hydrogen-bond donors (Lipinski definition) is 0. The molecule has 5 nitrogen and oxygen atoms in total. The first-order valence-corrected chi connectivity index (χ1v) is 10.4. The number of benzene rings is 1. The predicted molar refractivity (Wildman–Crippen MR) is 101 cm³/mol. The monoisotopic (exact) mass is 371 g/mol. The quantitative estimate of drug-likeness (QED) is 0.591. The van der Waals surface area contributed by atoms with E-state index < -0.39 is 6.16 Å². The highest BCUT2D eigenvalue weighted by atomic mass is 16.8. The Kier molecular flexibility index (Phi) is 3.94. The second-order valence-electron chi connectivity index (χ2n) is 9.03. The summed E-state index contributed by atoms with van der Waals surface area (Å²) in [7, 11) is 0. The minimum Gasteiger partial charge on any atom is -0.457 e. The summed E-state index contributed by atoms with van der Waals surface area (Å²) in [4.78, 5) is 14.2. The molecular weight excluding hydrogens is 342 g/mol. The van der Waals surface area contributed by atoms with E-state index in [0.29, 0.717) is 10.8 Å². The molecule has 0 radical (unpaired) electrons. The number of rotatable bonds is 4. The molecule has 27 heavy (non-hydrogen) atoms. The van der Waals surface area contributed by atoms with Crippen molar-refractivity contribution in [2.75, 3.05) is 19.9 Å². The van der Waals surface area contributed by atoms with Crippen LogP contribution in [-0.4, -0.2) is 43.1 Å². The molecular formula is C22H29NO4. The van der Waals surface area contributed by atoms with Crippen LogP contribution in [0.5, 0.6) is 5.75 Å². The average molecular weight is 371 g/mol. The Hall–Kier alpha value is -1.75. The molecule has 4 atom stereocenters. The molecule has 1 saturated carbocycles. The molecule has 1 aromatic carbocycles. The highest BCUT2D eigenvalue weighted by molar-refractivity contribution is 5.59. The van der Waals surface area contributed by atoms with Crippen molar-refractivity contribution in [2.24, 2.45) is 5.41 Å². The van der Waals surface area contributed by atoms with E-state index in [2.05, 4.69) is 17.0 Å². The molecule has 2 aliphatic carbocycles. The van der Waals surface area contributed by atoms with Gasteiger partial charge < -0.3 is 14.2 Å². The van der Waals surface area contributed by atoms with Gasteiger partial charge in [0, 0.05) is 23.4 Å². The molecule has 1 aromatic rings. The molecule has 5 rings (SSSR count). The molecule has 5 heteroatoms. The summed E-state index contributed by atoms with van der Waals surface area (Å²) in [5, 5.41) is 0. The SMILES string of the molecule is CC(C)OC(=O)OCOc1ccc2c(c1)[C@]13CCCC[C@@]14CN(CC3)[C@H]4C2. The van der Waals surface area contributed by atoms with Crippen molar-refractivity contribution in [3.05, 3.63) is 29.3 Å². The van der Waals surface area contributed by atoms with Crippen LogP contribution in [0.4, 0.5) is 4.79 Å². The van der Waals surface area contributed by atoms with Crippen LogP contribution in [0.25, 0.3) is 0 Å². The number of carbonyl (C=O) groups excluding carboxylic acids is 1. The number of carbonyl (C=O) groups is 1. The van der Waals surface area contributed by atoms with E-state index in [4.69, 9.17) is 14.2 Å². The van der Waals surface area contributed by atoms with E-state index in [9.17, 15) is 4.79 Å². The van der Waals surface area contributed by atoms with Crippen molar-refractivity contribution >= 4 is 6.16 Å². The molecule has 2 aliphatic heterocycles. The van der Waals surface area contributed by atoms with E-state index >= 15 is 0 Å². The van der Waals surface area contributed by atoms with Crippen molar-refractivity contribution < 1.29 is 19.0 Å². The summed E-state index contributed by atoms with van der Waals surface area (Å²) in [6, 6.07) is 7.24. The standard InChI is InChI=1S/C22H29NO4/c1-15(2)27-20(24)26-14-25-17-6-5-16-11-19-22-8-4-3-7-21(22,18(16)12-17)9-10-23(19)13-22/h5-6,12,15,19H,3-4,7-11,13-14H2,1-2H3/t19-,21+,22-/m0/s1. The van der Waals surface area contributed by atoms with Crippen LogP contribution >= 0.6 is 0 Å². The van der Waals surface area contributed by atoms with Crippen LogP contribution in [0, 0.1) is 5.41 Å². The third-order valence-corrected chi connectivity index (χ3v) is 7.56. The first-order chi connectivity index (χ1) is 13.0. The molecule has 3 fully saturated rings. The fourth-order valence-electron chi connectivity index (χ4n) is 6.54. The minimum absolute atomic E-state index is 0.112. The molecule has 2 bridgehead atoms. The zero-order valence-electron chi connectivity index (χ0n) is 16.3. The first kappa shape index (κ1) is 17.4. The van der Waals surface area contributed by atoms with Crippen molar-refractivity contribution in [1.82, 2.24) is 4.90 Å². The van der Waals surface area contributed by atoms with Crippen LogP contribution in [-0.2, 0) is 21.3 Å². The fraction of sp³-hybridized carbons (Fsp3) is 0.682. The van der Waals surface area contributed by atoms with Crippen LogP contribution < -0.4 is 4.74 Å². The van der Waals surface area contributed by atoms with Gasteiger partial charge in [-0.15, -0.1) is 0 Å². The summed E-state index contributed by atoms with van der Waals surface area (Å²) in [5.41, 5.74) is 3.83. The van der Waals surface area contributed by atoms with Crippen molar-refractivity contribution in [3.8, 4) is 5.75 Å². The average Bonchev–Trinajstić information content (AvgIpc) is 2.64. The van der Waals surface area contributed by atoms with E-state index in [1.54, 1.807) is 13.8 Å². The lowest BCUT2D eigenvalue weighted by Gasteiger charge is -2.74. The Bertz CT molecular complexity index is 755. The topological polar surface area (TPSA) is 48.0 Å². The summed E-state index contributed by atoms with van der Waals surface area (Å²) >= 11 is 0. The first-order valence-electron chi connectivity index (χ1n) is 10.4. The van der Waals surface area contributed by atoms with Gasteiger partial charge in [-0.05, 0) is 69.3 Å². The van der Waals surface area contributed by atoms with E-state index in [-0.39, 0.29) is 12.9 Å². The van der Waals surface area contributed by atoms with Gasteiger partial charge in [-0.3, -0.25) is 4.90 Å². The van der Waals surface area contributed by atoms with Crippen LogP contribution in [0.3, 0.4) is 0 Å². The van der Waals surface area contributed by atoms with Gasteiger partial charge in [-0.2, -0.15) is 0 Å². The van der Waals surface area contributed by atoms with Crippen molar-refractivity contribution in [2.45, 2.75) is 69.9 Å². The highest BCUT2D eigenvalue weighted by Gasteiger charge is 2.69. The van der Waals surface area contributed by atoms with Gasteiger partial charge in [0.15, 0.2) is 0 Å². The molecule has 2 saturated heterocycles. The number of fused-ring (bicyclic) bond motifs is 3. The number of hydrogen-bond acceptors (Lipinski definition) is 5. The molecule has 146 valence electrons. The lowest BCUT2D eigenvalue weighted by Crippen LogP contribution is -2.79. The van der Waals surface area contributed by atoms with Gasteiger partial charge in [0.25, 0.3) is 0 Å². The minimum atomic E-state index is -0.683. The van der Waals surface area contributed by atoms with E-state index in [0.717, 1.165) is 11.8 Å². The molecule has 0 N–H and O–H groups in total. The lowest BCUT2D eigenvalue weighted by atomic mass is 9.40. The predicted octanol–water partition coefficient (Wildman–Crippen LogP) is 4.03. The van der Waals surface area contributed by atoms with Gasteiger partial charge in [0.2, 0.25) is 6.79 Å². The summed E-state index contributed by atoms with van der Waals surface area (Å²) in [5.74, 6) is 0.793. The molecule has 2 heterocycles. The lowest BCUT2D eigenvalue weighted by molar-refractivity contribution is -0.198. The van der Waals surface area contributed by atoms with Gasteiger partial charge in [-0.25, -0.2) is 4.79 Å². The van der Waals surface area contributed by atoms with Gasteiger partial charge in [0.05, 0.1) is 6.10 Å². The van der Waals surface area contributed by atoms with Crippen LogP contribution in [0.1, 0.15) is 57.1 Å². The summed E-state index contributed by atoms with van der Waals surface area (Å²) < 4.78 is 15.8. The third-order valence-electron chi connectivity index (χ3n) is 7.56. The Morgan fingerprint density at radius 1 is 1.26 bits per heavy atom. The molecule has 4 aliphatic rings. The normalized spacial score (nSPS) is 35.5. The second-order valence-corrected chi connectivity index (χ2v) is 9.03. The molecule has 0 aromatic heterocycles. The Morgan fingerprint density at radius 3 is 2.96 bits per heavy atom. The van der Waals surface area contributed by atoms with Crippen molar-refractivity contribution in [1.29, 1.82) is 0 Å². The Morgan fingerprint density at radius 2 is 2.11 bits per heavy atom. The number of nitrogens with zero attached hydrogens (tertiary/aromatic N) is 1. The van der Waals surface area contributed by atoms with Crippen molar-refractivity contribution in [3.63, 3.8) is 0 Å². The van der Waals surface area contributed by atoms with Gasteiger partial charge in [-0.1, -0.05) is 18.9 Å². The molecule has 0 amide bonds. The fourth-order valence-corrected chi connectivity index (χ4v) is 6.54. The maximum Gasteiger partial charge on any atom is 0.511 e. The van der Waals surface area contributed by atoms with E-state index in [1.165, 1.54) is 62.7 Å². The zero-order chi connectivity index (χ0) is 18.6. The maximum atomic E-state index is 11.5. The summed E-state index contributed by atoms with van der Waals surface area (Å²) in [6.45, 7) is 6.00. The van der Waals surface area contributed by atoms with Gasteiger partial charge in [0.1, 0.15) is 5.75 Å². The van der Waals surface area contributed by atoms with E-state index in [1.807, 2.05) is 6.07 Å². The Balaban J connectivity index is 1.37. The largest absolute Gasteiger partial charge is 0.511 e. The van der Waals surface area contributed by atoms with Gasteiger partial charge >= 0.3 is 6.16 Å². The molecule has 1 unspecified atom stereocenters. The zero-order valence-corrected chi connectivity index (χ0v) is 16.3. The number of piperidine rings is 2. The second kappa shape index (κ2) is 6.13. The smallest absolute Gasteiger partial charge is 0.457 e. The summed E-state index contributed by atoms with van der Waals surface area (Å²) in [6.07, 6.45) is 6.98. The van der Waals surface area contributed by atoms with Crippen LogP contribution in [0.15, 0.2) is 18.2 Å². The molecule has 1 spiro atoms. The van der Waals surface area contributed by atoms with Crippen LogP contribution in [0.2, 0.25) is 0 Å². The third kappa shape index (κ3) is 2.43.